The summed E-state index contributed by atoms with van der Waals surface area (Å²) in [5.74, 6) is 0.631. The number of carbonyl (C=O) groups excluding carboxylic acids is 1. The molecule has 0 aliphatic heterocycles. The number of alkyl halides is 1. The minimum atomic E-state index is 0.115. The van der Waals surface area contributed by atoms with Gasteiger partial charge < -0.3 is 14.8 Å². The molecule has 0 radical (unpaired) electrons. The van der Waals surface area contributed by atoms with Gasteiger partial charge in [-0.2, -0.15) is 0 Å². The number of hydrogen-bond acceptors (Lipinski definition) is 3. The van der Waals surface area contributed by atoms with Crippen LogP contribution in [0.25, 0.3) is 0 Å². The average Bonchev–Trinajstić information content (AvgIpc) is 2.27. The third kappa shape index (κ3) is 5.67. The van der Waals surface area contributed by atoms with E-state index in [-0.39, 0.29) is 11.9 Å². The SMILES string of the molecule is CCOC1CC(CC(=O)NC(CCBr)COC)C1. The van der Waals surface area contributed by atoms with Crippen LogP contribution in [-0.4, -0.2) is 43.7 Å². The molecule has 1 N–H and O–H groups in total. The Morgan fingerprint density at radius 3 is 2.78 bits per heavy atom. The highest BCUT2D eigenvalue weighted by atomic mass is 79.9. The van der Waals surface area contributed by atoms with Crippen LogP contribution in [0.15, 0.2) is 0 Å². The molecule has 1 saturated carbocycles. The molecule has 1 rings (SSSR count). The Balaban J connectivity index is 2.16. The van der Waals surface area contributed by atoms with Gasteiger partial charge in [0.1, 0.15) is 0 Å². The highest BCUT2D eigenvalue weighted by Gasteiger charge is 2.31. The summed E-state index contributed by atoms with van der Waals surface area (Å²) in [6.07, 6.45) is 3.94. The van der Waals surface area contributed by atoms with Gasteiger partial charge in [0, 0.05) is 25.5 Å². The predicted molar refractivity (Wildman–Crippen MR) is 75.0 cm³/mol. The third-order valence-corrected chi connectivity index (χ3v) is 3.72. The van der Waals surface area contributed by atoms with Crippen molar-refractivity contribution in [1.82, 2.24) is 5.32 Å². The van der Waals surface area contributed by atoms with E-state index < -0.39 is 0 Å². The molecule has 1 aliphatic rings. The second-order valence-electron chi connectivity index (χ2n) is 4.82. The number of hydrogen-bond donors (Lipinski definition) is 1. The van der Waals surface area contributed by atoms with Crippen LogP contribution in [0.5, 0.6) is 0 Å². The molecule has 0 aromatic carbocycles. The molecule has 0 spiro atoms. The summed E-state index contributed by atoms with van der Waals surface area (Å²) in [4.78, 5) is 11.8. The Hall–Kier alpha value is -0.130. The van der Waals surface area contributed by atoms with Crippen molar-refractivity contribution in [3.8, 4) is 0 Å². The highest BCUT2D eigenvalue weighted by molar-refractivity contribution is 9.09. The molecule has 1 atom stereocenters. The van der Waals surface area contributed by atoms with E-state index in [2.05, 4.69) is 21.2 Å². The van der Waals surface area contributed by atoms with Gasteiger partial charge >= 0.3 is 0 Å². The molecule has 0 bridgehead atoms. The summed E-state index contributed by atoms with van der Waals surface area (Å²) < 4.78 is 10.6. The Kier molecular flexibility index (Phi) is 7.86. The molecule has 1 aliphatic carbocycles. The molecule has 0 aromatic rings. The van der Waals surface area contributed by atoms with Crippen LogP contribution in [0, 0.1) is 5.92 Å². The molecular formula is C13H24BrNO3. The molecule has 0 heterocycles. The first kappa shape index (κ1) is 15.9. The summed E-state index contributed by atoms with van der Waals surface area (Å²) in [5, 5.41) is 3.90. The standard InChI is InChI=1S/C13H24BrNO3/c1-3-18-12-6-10(7-12)8-13(16)15-11(4-5-14)9-17-2/h10-12H,3-9H2,1-2H3,(H,15,16). The van der Waals surface area contributed by atoms with Crippen LogP contribution in [0.4, 0.5) is 0 Å². The quantitative estimate of drug-likeness (QED) is 0.662. The summed E-state index contributed by atoms with van der Waals surface area (Å²) in [6, 6.07) is 0.115. The van der Waals surface area contributed by atoms with Crippen molar-refractivity contribution >= 4 is 21.8 Å². The monoisotopic (exact) mass is 321 g/mol. The van der Waals surface area contributed by atoms with Crippen molar-refractivity contribution < 1.29 is 14.3 Å². The molecule has 1 fully saturated rings. The van der Waals surface area contributed by atoms with Crippen molar-refractivity contribution in [2.75, 3.05) is 25.7 Å². The summed E-state index contributed by atoms with van der Waals surface area (Å²) >= 11 is 3.39. The fraction of sp³-hybridized carbons (Fsp3) is 0.923. The fourth-order valence-electron chi connectivity index (χ4n) is 2.29. The fourth-order valence-corrected chi connectivity index (χ4v) is 2.84. The van der Waals surface area contributed by atoms with E-state index in [0.717, 1.165) is 31.2 Å². The lowest BCUT2D eigenvalue weighted by Gasteiger charge is -2.34. The number of ether oxygens (including phenoxy) is 2. The molecule has 18 heavy (non-hydrogen) atoms. The average molecular weight is 322 g/mol. The number of halogens is 1. The minimum absolute atomic E-state index is 0.115. The summed E-state index contributed by atoms with van der Waals surface area (Å²) in [6.45, 7) is 3.35. The molecule has 1 unspecified atom stereocenters. The maximum Gasteiger partial charge on any atom is 0.220 e. The van der Waals surface area contributed by atoms with E-state index in [4.69, 9.17) is 9.47 Å². The molecule has 1 amide bonds. The Bertz CT molecular complexity index is 238. The number of nitrogens with one attached hydrogen (secondary N) is 1. The normalized spacial score (nSPS) is 24.4. The number of amides is 1. The first-order valence-corrected chi connectivity index (χ1v) is 7.77. The Morgan fingerprint density at radius 1 is 1.50 bits per heavy atom. The highest BCUT2D eigenvalue weighted by Crippen LogP contribution is 2.32. The van der Waals surface area contributed by atoms with Crippen LogP contribution < -0.4 is 5.32 Å². The van der Waals surface area contributed by atoms with E-state index in [1.54, 1.807) is 7.11 Å². The molecule has 5 heteroatoms. The van der Waals surface area contributed by atoms with Crippen LogP contribution in [0.1, 0.15) is 32.6 Å². The second kappa shape index (κ2) is 8.88. The maximum atomic E-state index is 11.8. The van der Waals surface area contributed by atoms with Crippen LogP contribution in [0.2, 0.25) is 0 Å². The molecule has 4 nitrogen and oxygen atoms in total. The summed E-state index contributed by atoms with van der Waals surface area (Å²) in [5.41, 5.74) is 0. The van der Waals surface area contributed by atoms with E-state index in [0.29, 0.717) is 25.0 Å². The van der Waals surface area contributed by atoms with Gasteiger partial charge in [0.25, 0.3) is 0 Å². The van der Waals surface area contributed by atoms with E-state index >= 15 is 0 Å². The number of carbonyl (C=O) groups is 1. The smallest absolute Gasteiger partial charge is 0.220 e. The van der Waals surface area contributed by atoms with Crippen molar-refractivity contribution in [3.63, 3.8) is 0 Å². The van der Waals surface area contributed by atoms with Crippen LogP contribution in [-0.2, 0) is 14.3 Å². The molecular weight excluding hydrogens is 298 g/mol. The largest absolute Gasteiger partial charge is 0.383 e. The maximum absolute atomic E-state index is 11.8. The lowest BCUT2D eigenvalue weighted by atomic mass is 9.80. The zero-order valence-electron chi connectivity index (χ0n) is 11.3. The Labute approximate surface area is 118 Å². The van der Waals surface area contributed by atoms with Crippen LogP contribution in [0.3, 0.4) is 0 Å². The zero-order valence-corrected chi connectivity index (χ0v) is 12.9. The first-order valence-electron chi connectivity index (χ1n) is 6.65. The van der Waals surface area contributed by atoms with Crippen molar-refractivity contribution in [2.45, 2.75) is 44.8 Å². The lowest BCUT2D eigenvalue weighted by molar-refractivity contribution is -0.125. The Morgan fingerprint density at radius 2 is 2.22 bits per heavy atom. The predicted octanol–water partition coefficient (Wildman–Crippen LogP) is 2.11. The van der Waals surface area contributed by atoms with E-state index in [1.807, 2.05) is 6.92 Å². The van der Waals surface area contributed by atoms with Gasteiger partial charge in [0.15, 0.2) is 0 Å². The zero-order chi connectivity index (χ0) is 13.4. The second-order valence-corrected chi connectivity index (χ2v) is 5.61. The van der Waals surface area contributed by atoms with E-state index in [1.165, 1.54) is 0 Å². The van der Waals surface area contributed by atoms with Crippen molar-refractivity contribution in [1.29, 1.82) is 0 Å². The van der Waals surface area contributed by atoms with Gasteiger partial charge in [-0.15, -0.1) is 0 Å². The van der Waals surface area contributed by atoms with Crippen molar-refractivity contribution in [2.24, 2.45) is 5.92 Å². The number of rotatable bonds is 9. The van der Waals surface area contributed by atoms with Gasteiger partial charge in [-0.1, -0.05) is 15.9 Å². The van der Waals surface area contributed by atoms with Gasteiger partial charge in [-0.05, 0) is 32.1 Å². The van der Waals surface area contributed by atoms with Crippen molar-refractivity contribution in [3.05, 3.63) is 0 Å². The van der Waals surface area contributed by atoms with E-state index in [9.17, 15) is 4.79 Å². The molecule has 0 saturated heterocycles. The van der Waals surface area contributed by atoms with Gasteiger partial charge in [0.05, 0.1) is 18.8 Å². The minimum Gasteiger partial charge on any atom is -0.383 e. The van der Waals surface area contributed by atoms with Crippen LogP contribution >= 0.6 is 15.9 Å². The lowest BCUT2D eigenvalue weighted by Crippen LogP contribution is -2.41. The summed E-state index contributed by atoms with van der Waals surface area (Å²) in [7, 11) is 1.66. The number of methoxy groups -OCH3 is 1. The first-order chi connectivity index (χ1) is 8.69. The molecule has 106 valence electrons. The molecule has 0 aromatic heterocycles. The van der Waals surface area contributed by atoms with Gasteiger partial charge in [-0.3, -0.25) is 4.79 Å². The van der Waals surface area contributed by atoms with Gasteiger partial charge in [0.2, 0.25) is 5.91 Å². The topological polar surface area (TPSA) is 47.6 Å². The third-order valence-electron chi connectivity index (χ3n) is 3.26. The van der Waals surface area contributed by atoms with Gasteiger partial charge in [-0.25, -0.2) is 0 Å².